The SMILES string of the molecule is Cc1ccccc1CCC1CCCCCCN1. The van der Waals surface area contributed by atoms with Gasteiger partial charge in [-0.25, -0.2) is 0 Å². The first-order valence-corrected chi connectivity index (χ1v) is 7.14. The van der Waals surface area contributed by atoms with Gasteiger partial charge in [0.05, 0.1) is 0 Å². The molecule has 17 heavy (non-hydrogen) atoms. The molecule has 1 heterocycles. The molecule has 1 heteroatoms. The lowest BCUT2D eigenvalue weighted by Gasteiger charge is -2.21. The lowest BCUT2D eigenvalue weighted by Crippen LogP contribution is -2.31. The second-order valence-corrected chi connectivity index (χ2v) is 5.32. The summed E-state index contributed by atoms with van der Waals surface area (Å²) in [4.78, 5) is 0. The fraction of sp³-hybridized carbons (Fsp3) is 0.625. The van der Waals surface area contributed by atoms with Crippen molar-refractivity contribution in [2.45, 2.75) is 57.9 Å². The van der Waals surface area contributed by atoms with E-state index in [0.717, 1.165) is 6.04 Å². The van der Waals surface area contributed by atoms with Crippen LogP contribution in [0.4, 0.5) is 0 Å². The maximum atomic E-state index is 3.71. The second kappa shape index (κ2) is 6.80. The third-order valence-electron chi connectivity index (χ3n) is 3.94. The number of hydrogen-bond donors (Lipinski definition) is 1. The van der Waals surface area contributed by atoms with E-state index in [2.05, 4.69) is 36.5 Å². The molecule has 94 valence electrons. The minimum atomic E-state index is 0.745. The van der Waals surface area contributed by atoms with Crippen LogP contribution in [0.15, 0.2) is 24.3 Å². The lowest BCUT2D eigenvalue weighted by atomic mass is 9.96. The minimum absolute atomic E-state index is 0.745. The van der Waals surface area contributed by atoms with Crippen molar-refractivity contribution in [2.75, 3.05) is 6.54 Å². The highest BCUT2D eigenvalue weighted by Gasteiger charge is 2.10. The lowest BCUT2D eigenvalue weighted by molar-refractivity contribution is 0.399. The molecular formula is C16H25N. The summed E-state index contributed by atoms with van der Waals surface area (Å²) in [5.74, 6) is 0. The predicted molar refractivity (Wildman–Crippen MR) is 74.4 cm³/mol. The summed E-state index contributed by atoms with van der Waals surface area (Å²) in [5.41, 5.74) is 2.97. The van der Waals surface area contributed by atoms with Crippen LogP contribution in [0.1, 0.15) is 49.7 Å². The zero-order chi connectivity index (χ0) is 11.9. The molecule has 1 nitrogen and oxygen atoms in total. The van der Waals surface area contributed by atoms with Crippen LogP contribution in [0.5, 0.6) is 0 Å². The number of nitrogens with one attached hydrogen (secondary N) is 1. The Hall–Kier alpha value is -0.820. The van der Waals surface area contributed by atoms with Crippen LogP contribution in [0.25, 0.3) is 0 Å². The van der Waals surface area contributed by atoms with Gasteiger partial charge in [0.1, 0.15) is 0 Å². The smallest absolute Gasteiger partial charge is 0.00702 e. The summed E-state index contributed by atoms with van der Waals surface area (Å²) in [6.45, 7) is 3.44. The molecular weight excluding hydrogens is 206 g/mol. The molecule has 1 aliphatic rings. The van der Waals surface area contributed by atoms with Crippen molar-refractivity contribution >= 4 is 0 Å². The largest absolute Gasteiger partial charge is 0.314 e. The van der Waals surface area contributed by atoms with Gasteiger partial charge in [0.15, 0.2) is 0 Å². The van der Waals surface area contributed by atoms with Crippen LogP contribution in [0.3, 0.4) is 0 Å². The van der Waals surface area contributed by atoms with Gasteiger partial charge in [0.2, 0.25) is 0 Å². The molecule has 0 bridgehead atoms. The summed E-state index contributed by atoms with van der Waals surface area (Å²) in [6, 6.07) is 9.54. The molecule has 1 saturated heterocycles. The van der Waals surface area contributed by atoms with Crippen LogP contribution in [0.2, 0.25) is 0 Å². The highest BCUT2D eigenvalue weighted by molar-refractivity contribution is 5.25. The minimum Gasteiger partial charge on any atom is -0.314 e. The zero-order valence-corrected chi connectivity index (χ0v) is 11.0. The first-order chi connectivity index (χ1) is 8.36. The maximum Gasteiger partial charge on any atom is 0.00702 e. The molecule has 0 saturated carbocycles. The molecule has 0 aromatic heterocycles. The Balaban J connectivity index is 1.82. The highest BCUT2D eigenvalue weighted by Crippen LogP contribution is 2.15. The van der Waals surface area contributed by atoms with Gasteiger partial charge < -0.3 is 5.32 Å². The summed E-state index contributed by atoms with van der Waals surface area (Å²) in [7, 11) is 0. The van der Waals surface area contributed by atoms with Crippen LogP contribution in [-0.2, 0) is 6.42 Å². The van der Waals surface area contributed by atoms with E-state index in [1.165, 1.54) is 62.6 Å². The molecule has 2 rings (SSSR count). The van der Waals surface area contributed by atoms with E-state index >= 15 is 0 Å². The Bertz CT molecular complexity index is 324. The average molecular weight is 231 g/mol. The Morgan fingerprint density at radius 1 is 1.12 bits per heavy atom. The Morgan fingerprint density at radius 2 is 1.94 bits per heavy atom. The molecule has 0 aliphatic carbocycles. The number of benzene rings is 1. The molecule has 0 amide bonds. The first kappa shape index (κ1) is 12.6. The molecule has 1 N–H and O–H groups in total. The summed E-state index contributed by atoms with van der Waals surface area (Å²) < 4.78 is 0. The van der Waals surface area contributed by atoms with E-state index in [-0.39, 0.29) is 0 Å². The van der Waals surface area contributed by atoms with E-state index in [1.807, 2.05) is 0 Å². The van der Waals surface area contributed by atoms with E-state index in [4.69, 9.17) is 0 Å². The number of aryl methyl sites for hydroxylation is 2. The predicted octanol–water partition coefficient (Wildman–Crippen LogP) is 3.85. The van der Waals surface area contributed by atoms with Crippen LogP contribution < -0.4 is 5.32 Å². The molecule has 1 fully saturated rings. The highest BCUT2D eigenvalue weighted by atomic mass is 14.9. The first-order valence-electron chi connectivity index (χ1n) is 7.14. The Labute approximate surface area is 106 Å². The molecule has 0 spiro atoms. The second-order valence-electron chi connectivity index (χ2n) is 5.32. The fourth-order valence-corrected chi connectivity index (χ4v) is 2.74. The van der Waals surface area contributed by atoms with Gasteiger partial charge in [-0.2, -0.15) is 0 Å². The molecule has 1 aliphatic heterocycles. The maximum absolute atomic E-state index is 3.71. The van der Waals surface area contributed by atoms with E-state index < -0.39 is 0 Å². The molecule has 0 radical (unpaired) electrons. The van der Waals surface area contributed by atoms with Crippen LogP contribution >= 0.6 is 0 Å². The van der Waals surface area contributed by atoms with Crippen molar-refractivity contribution in [2.24, 2.45) is 0 Å². The summed E-state index contributed by atoms with van der Waals surface area (Å²) in [6.07, 6.45) is 9.51. The summed E-state index contributed by atoms with van der Waals surface area (Å²) in [5, 5.41) is 3.71. The van der Waals surface area contributed by atoms with Crippen LogP contribution in [-0.4, -0.2) is 12.6 Å². The zero-order valence-electron chi connectivity index (χ0n) is 11.0. The van der Waals surface area contributed by atoms with Crippen molar-refractivity contribution in [3.05, 3.63) is 35.4 Å². The topological polar surface area (TPSA) is 12.0 Å². The van der Waals surface area contributed by atoms with Crippen molar-refractivity contribution in [3.63, 3.8) is 0 Å². The van der Waals surface area contributed by atoms with E-state index in [0.29, 0.717) is 0 Å². The summed E-state index contributed by atoms with van der Waals surface area (Å²) >= 11 is 0. The van der Waals surface area contributed by atoms with Gasteiger partial charge >= 0.3 is 0 Å². The normalized spacial score (nSPS) is 21.8. The fourth-order valence-electron chi connectivity index (χ4n) is 2.74. The van der Waals surface area contributed by atoms with Crippen molar-refractivity contribution in [1.82, 2.24) is 5.32 Å². The average Bonchev–Trinajstić information content (AvgIpc) is 2.29. The standard InChI is InChI=1S/C16H25N/c1-14-8-5-6-9-15(14)11-12-16-10-4-2-3-7-13-17-16/h5-6,8-9,16-17H,2-4,7,10-13H2,1H3. The third-order valence-corrected chi connectivity index (χ3v) is 3.94. The van der Waals surface area contributed by atoms with E-state index in [1.54, 1.807) is 0 Å². The number of rotatable bonds is 3. The quantitative estimate of drug-likeness (QED) is 0.833. The van der Waals surface area contributed by atoms with Crippen molar-refractivity contribution < 1.29 is 0 Å². The van der Waals surface area contributed by atoms with Crippen molar-refractivity contribution in [3.8, 4) is 0 Å². The van der Waals surface area contributed by atoms with Gasteiger partial charge in [0, 0.05) is 6.04 Å². The van der Waals surface area contributed by atoms with Gasteiger partial charge in [-0.05, 0) is 50.3 Å². The Morgan fingerprint density at radius 3 is 2.82 bits per heavy atom. The van der Waals surface area contributed by atoms with Gasteiger partial charge in [-0.3, -0.25) is 0 Å². The number of hydrogen-bond acceptors (Lipinski definition) is 1. The van der Waals surface area contributed by atoms with Gasteiger partial charge in [-0.15, -0.1) is 0 Å². The Kier molecular flexibility index (Phi) is 5.06. The van der Waals surface area contributed by atoms with E-state index in [9.17, 15) is 0 Å². The molecule has 1 atom stereocenters. The molecule has 1 unspecified atom stereocenters. The van der Waals surface area contributed by atoms with Crippen LogP contribution in [0, 0.1) is 6.92 Å². The monoisotopic (exact) mass is 231 g/mol. The van der Waals surface area contributed by atoms with Crippen molar-refractivity contribution in [1.29, 1.82) is 0 Å². The third kappa shape index (κ3) is 4.16. The van der Waals surface area contributed by atoms with Gasteiger partial charge in [-0.1, -0.05) is 43.5 Å². The molecule has 1 aromatic carbocycles. The molecule has 1 aromatic rings. The van der Waals surface area contributed by atoms with Gasteiger partial charge in [0.25, 0.3) is 0 Å².